The van der Waals surface area contributed by atoms with E-state index in [1.165, 1.54) is 12.7 Å². The van der Waals surface area contributed by atoms with E-state index in [2.05, 4.69) is 6.92 Å². The number of carbonyl (C=O) groups is 2. The number of methoxy groups -OCH3 is 1. The molecule has 0 saturated carbocycles. The number of nitrogens with zero attached hydrogens (tertiary/aromatic N) is 1. The second-order valence-electron chi connectivity index (χ2n) is 6.87. The molecule has 144 valence electrons. The van der Waals surface area contributed by atoms with Crippen LogP contribution in [-0.2, 0) is 20.7 Å². The van der Waals surface area contributed by atoms with Crippen molar-refractivity contribution in [2.45, 2.75) is 33.2 Å². The van der Waals surface area contributed by atoms with Crippen LogP contribution in [0.2, 0.25) is 0 Å². The Morgan fingerprint density at radius 2 is 1.75 bits per heavy atom. The quantitative estimate of drug-likeness (QED) is 0.563. The molecule has 4 heteroatoms. The van der Waals surface area contributed by atoms with Crippen molar-refractivity contribution in [1.82, 2.24) is 4.90 Å². The number of hydrogen-bond donors (Lipinski definition) is 0. The summed E-state index contributed by atoms with van der Waals surface area (Å²) in [5, 5.41) is 0. The molecule has 1 heterocycles. The van der Waals surface area contributed by atoms with Gasteiger partial charge < -0.3 is 9.64 Å². The summed E-state index contributed by atoms with van der Waals surface area (Å²) >= 11 is 0. The Kier molecular flexibility index (Phi) is 5.78. The number of benzene rings is 2. The van der Waals surface area contributed by atoms with E-state index in [4.69, 9.17) is 4.74 Å². The van der Waals surface area contributed by atoms with Crippen molar-refractivity contribution < 1.29 is 14.3 Å². The Labute approximate surface area is 166 Å². The first-order valence-electron chi connectivity index (χ1n) is 9.46. The monoisotopic (exact) mass is 375 g/mol. The number of carbonyl (C=O) groups excluding carboxylic acids is 2. The van der Waals surface area contributed by atoms with Gasteiger partial charge in [-0.25, -0.2) is 4.79 Å². The third-order valence-corrected chi connectivity index (χ3v) is 5.20. The molecule has 0 N–H and O–H groups in total. The highest BCUT2D eigenvalue weighted by molar-refractivity contribution is 6.16. The number of hydrogen-bond acceptors (Lipinski definition) is 3. The maximum absolute atomic E-state index is 13.3. The third-order valence-electron chi connectivity index (χ3n) is 5.20. The zero-order chi connectivity index (χ0) is 20.3. The zero-order valence-electron chi connectivity index (χ0n) is 16.7. The number of rotatable bonds is 5. The fourth-order valence-corrected chi connectivity index (χ4v) is 3.56. The Morgan fingerprint density at radius 1 is 1.11 bits per heavy atom. The second kappa shape index (κ2) is 8.26. The maximum atomic E-state index is 13.3. The van der Waals surface area contributed by atoms with E-state index >= 15 is 0 Å². The molecular formula is C24H25NO3. The van der Waals surface area contributed by atoms with Crippen molar-refractivity contribution in [3.8, 4) is 0 Å². The van der Waals surface area contributed by atoms with Gasteiger partial charge in [0, 0.05) is 5.70 Å². The molecule has 0 bridgehead atoms. The molecule has 1 amide bonds. The van der Waals surface area contributed by atoms with E-state index in [9.17, 15) is 9.59 Å². The molecule has 3 rings (SSSR count). The molecule has 2 aromatic carbocycles. The SMILES string of the molecule is CCc1ccc(/C=C2\C(=O)N([C@H](C)c3ccccc3)C(C)=C2C(=O)OC)cc1. The van der Waals surface area contributed by atoms with Gasteiger partial charge in [-0.1, -0.05) is 61.5 Å². The van der Waals surface area contributed by atoms with Crippen LogP contribution in [0.1, 0.15) is 43.5 Å². The van der Waals surface area contributed by atoms with Crippen molar-refractivity contribution in [2.24, 2.45) is 0 Å². The minimum atomic E-state index is -0.495. The lowest BCUT2D eigenvalue weighted by atomic mass is 10.0. The highest BCUT2D eigenvalue weighted by Gasteiger charge is 2.39. The average molecular weight is 375 g/mol. The summed E-state index contributed by atoms with van der Waals surface area (Å²) in [7, 11) is 1.34. The molecule has 2 aromatic rings. The van der Waals surface area contributed by atoms with Crippen molar-refractivity contribution >= 4 is 18.0 Å². The van der Waals surface area contributed by atoms with E-state index < -0.39 is 5.97 Å². The first-order chi connectivity index (χ1) is 13.5. The number of allylic oxidation sites excluding steroid dienone is 1. The van der Waals surface area contributed by atoms with Crippen LogP contribution in [0.3, 0.4) is 0 Å². The molecule has 1 atom stereocenters. The summed E-state index contributed by atoms with van der Waals surface area (Å²) in [5.41, 5.74) is 4.42. The predicted molar refractivity (Wildman–Crippen MR) is 110 cm³/mol. The second-order valence-corrected chi connectivity index (χ2v) is 6.87. The van der Waals surface area contributed by atoms with Gasteiger partial charge in [-0.15, -0.1) is 0 Å². The molecule has 0 radical (unpaired) electrons. The van der Waals surface area contributed by atoms with Crippen LogP contribution in [0.15, 0.2) is 71.4 Å². The molecule has 0 fully saturated rings. The summed E-state index contributed by atoms with van der Waals surface area (Å²) in [6.07, 6.45) is 2.72. The number of amides is 1. The minimum absolute atomic E-state index is 0.186. The molecule has 0 aromatic heterocycles. The predicted octanol–water partition coefficient (Wildman–Crippen LogP) is 4.68. The van der Waals surface area contributed by atoms with Crippen molar-refractivity contribution in [3.63, 3.8) is 0 Å². The van der Waals surface area contributed by atoms with Gasteiger partial charge in [0.2, 0.25) is 0 Å². The van der Waals surface area contributed by atoms with Gasteiger partial charge in [-0.05, 0) is 43.0 Å². The molecule has 0 saturated heterocycles. The lowest BCUT2D eigenvalue weighted by Gasteiger charge is -2.26. The molecule has 4 nitrogen and oxygen atoms in total. The molecule has 28 heavy (non-hydrogen) atoms. The first kappa shape index (κ1) is 19.6. The summed E-state index contributed by atoms with van der Waals surface area (Å²) < 4.78 is 4.97. The standard InChI is InChI=1S/C24H25NO3/c1-5-18-11-13-19(14-12-18)15-21-22(24(27)28-4)17(3)25(23(21)26)16(2)20-9-7-6-8-10-20/h6-16H,5H2,1-4H3/b21-15-/t16-/m1/s1. The average Bonchev–Trinajstić information content (AvgIpc) is 2.97. The Bertz CT molecular complexity index is 940. The van der Waals surface area contributed by atoms with Crippen LogP contribution in [0.25, 0.3) is 6.08 Å². The lowest BCUT2D eigenvalue weighted by molar-refractivity contribution is -0.136. The summed E-state index contributed by atoms with van der Waals surface area (Å²) in [6, 6.07) is 17.6. The summed E-state index contributed by atoms with van der Waals surface area (Å²) in [6.45, 7) is 5.85. The topological polar surface area (TPSA) is 46.6 Å². The van der Waals surface area contributed by atoms with Crippen LogP contribution in [0.5, 0.6) is 0 Å². The van der Waals surface area contributed by atoms with Crippen LogP contribution < -0.4 is 0 Å². The molecular weight excluding hydrogens is 350 g/mol. The largest absolute Gasteiger partial charge is 0.465 e. The normalized spacial score (nSPS) is 16.6. The van der Waals surface area contributed by atoms with Crippen LogP contribution in [0, 0.1) is 0 Å². The van der Waals surface area contributed by atoms with Crippen molar-refractivity contribution in [2.75, 3.05) is 7.11 Å². The smallest absolute Gasteiger partial charge is 0.340 e. The van der Waals surface area contributed by atoms with Gasteiger partial charge in [-0.3, -0.25) is 4.79 Å². The van der Waals surface area contributed by atoms with E-state index in [0.717, 1.165) is 17.5 Å². The number of aryl methyl sites for hydroxylation is 1. The summed E-state index contributed by atoms with van der Waals surface area (Å²) in [4.78, 5) is 27.4. The van der Waals surface area contributed by atoms with Crippen LogP contribution in [-0.4, -0.2) is 23.9 Å². The van der Waals surface area contributed by atoms with Crippen molar-refractivity contribution in [1.29, 1.82) is 0 Å². The van der Waals surface area contributed by atoms with E-state index in [0.29, 0.717) is 16.8 Å². The molecule has 0 spiro atoms. The summed E-state index contributed by atoms with van der Waals surface area (Å²) in [5.74, 6) is -0.682. The molecule has 1 aliphatic heterocycles. The highest BCUT2D eigenvalue weighted by atomic mass is 16.5. The van der Waals surface area contributed by atoms with Crippen molar-refractivity contribution in [3.05, 3.63) is 88.1 Å². The van der Waals surface area contributed by atoms with E-state index in [1.807, 2.05) is 61.5 Å². The van der Waals surface area contributed by atoms with Gasteiger partial charge in [-0.2, -0.15) is 0 Å². The third kappa shape index (κ3) is 3.63. The van der Waals surface area contributed by atoms with Gasteiger partial charge in [0.25, 0.3) is 5.91 Å². The van der Waals surface area contributed by atoms with Gasteiger partial charge in [0.15, 0.2) is 0 Å². The molecule has 0 aliphatic carbocycles. The molecule has 1 aliphatic rings. The van der Waals surface area contributed by atoms with Gasteiger partial charge in [0.05, 0.1) is 24.3 Å². The number of esters is 1. The lowest BCUT2D eigenvalue weighted by Crippen LogP contribution is -2.28. The van der Waals surface area contributed by atoms with E-state index in [1.54, 1.807) is 17.9 Å². The van der Waals surface area contributed by atoms with Gasteiger partial charge >= 0.3 is 5.97 Å². The van der Waals surface area contributed by atoms with Crippen LogP contribution >= 0.6 is 0 Å². The maximum Gasteiger partial charge on any atom is 0.340 e. The zero-order valence-corrected chi connectivity index (χ0v) is 16.7. The molecule has 0 unspecified atom stereocenters. The fourth-order valence-electron chi connectivity index (χ4n) is 3.56. The Morgan fingerprint density at radius 3 is 2.32 bits per heavy atom. The van der Waals surface area contributed by atoms with Gasteiger partial charge in [0.1, 0.15) is 0 Å². The Balaban J connectivity index is 2.05. The number of ether oxygens (including phenoxy) is 1. The first-order valence-corrected chi connectivity index (χ1v) is 9.46. The van der Waals surface area contributed by atoms with E-state index in [-0.39, 0.29) is 11.9 Å². The highest BCUT2D eigenvalue weighted by Crippen LogP contribution is 2.37. The minimum Gasteiger partial charge on any atom is -0.465 e. The van der Waals surface area contributed by atoms with Crippen LogP contribution in [0.4, 0.5) is 0 Å². The Hall–Kier alpha value is -3.14. The fraction of sp³-hybridized carbons (Fsp3) is 0.250.